The molecule has 2 saturated heterocycles. The molecule has 0 unspecified atom stereocenters. The van der Waals surface area contributed by atoms with Crippen molar-refractivity contribution < 1.29 is 9.53 Å². The van der Waals surface area contributed by atoms with Crippen molar-refractivity contribution >= 4 is 5.91 Å². The van der Waals surface area contributed by atoms with Crippen LogP contribution in [0.1, 0.15) is 43.2 Å². The standard InChI is InChI=1S/C25H30N2O2/c28-25(20-10-6-11-20)27-16-14-22-23(27)13-15-26(22)17-21-9-4-5-12-24(21)29-18-19-7-2-1-3-8-19/h1-5,7-9,12,20,22-23H,6,10-11,13-18H2/t22-,23-/m0/s1. The highest BCUT2D eigenvalue weighted by atomic mass is 16.5. The minimum absolute atomic E-state index is 0.315. The summed E-state index contributed by atoms with van der Waals surface area (Å²) in [6, 6.07) is 19.6. The molecule has 1 amide bonds. The fraction of sp³-hybridized carbons (Fsp3) is 0.480. The summed E-state index contributed by atoms with van der Waals surface area (Å²) in [5, 5.41) is 0. The van der Waals surface area contributed by atoms with Crippen LogP contribution in [0.5, 0.6) is 5.75 Å². The van der Waals surface area contributed by atoms with Gasteiger partial charge < -0.3 is 9.64 Å². The number of hydrogen-bond donors (Lipinski definition) is 0. The summed E-state index contributed by atoms with van der Waals surface area (Å²) in [6.45, 7) is 3.50. The van der Waals surface area contributed by atoms with Crippen molar-refractivity contribution in [2.24, 2.45) is 5.92 Å². The molecule has 4 heteroatoms. The number of ether oxygens (including phenoxy) is 1. The quantitative estimate of drug-likeness (QED) is 0.740. The zero-order chi connectivity index (χ0) is 19.6. The van der Waals surface area contributed by atoms with Gasteiger partial charge in [-0.1, -0.05) is 55.0 Å². The summed E-state index contributed by atoms with van der Waals surface area (Å²) in [7, 11) is 0. The second kappa shape index (κ2) is 8.19. The second-order valence-corrected chi connectivity index (χ2v) is 8.72. The van der Waals surface area contributed by atoms with Crippen LogP contribution in [0.2, 0.25) is 0 Å². The fourth-order valence-corrected chi connectivity index (χ4v) is 5.16. The van der Waals surface area contributed by atoms with E-state index in [9.17, 15) is 4.79 Å². The monoisotopic (exact) mass is 390 g/mol. The largest absolute Gasteiger partial charge is 0.489 e. The summed E-state index contributed by atoms with van der Waals surface area (Å²) in [4.78, 5) is 17.6. The smallest absolute Gasteiger partial charge is 0.225 e. The molecule has 3 aliphatic rings. The van der Waals surface area contributed by atoms with Crippen LogP contribution in [0.25, 0.3) is 0 Å². The molecule has 1 saturated carbocycles. The molecule has 2 aliphatic heterocycles. The van der Waals surface area contributed by atoms with Crippen LogP contribution in [-0.2, 0) is 17.9 Å². The van der Waals surface area contributed by atoms with E-state index in [1.54, 1.807) is 0 Å². The van der Waals surface area contributed by atoms with Gasteiger partial charge >= 0.3 is 0 Å². The Morgan fingerprint density at radius 2 is 1.66 bits per heavy atom. The van der Waals surface area contributed by atoms with Crippen molar-refractivity contribution in [2.45, 2.75) is 57.3 Å². The molecule has 5 rings (SSSR count). The highest BCUT2D eigenvalue weighted by molar-refractivity contribution is 5.80. The van der Waals surface area contributed by atoms with Gasteiger partial charge in [-0.15, -0.1) is 0 Å². The maximum absolute atomic E-state index is 12.8. The Balaban J connectivity index is 1.24. The van der Waals surface area contributed by atoms with E-state index < -0.39 is 0 Å². The predicted molar refractivity (Wildman–Crippen MR) is 113 cm³/mol. The molecule has 0 aromatic heterocycles. The Labute approximate surface area is 173 Å². The Hall–Kier alpha value is -2.33. The minimum Gasteiger partial charge on any atom is -0.489 e. The van der Waals surface area contributed by atoms with Gasteiger partial charge in [-0.2, -0.15) is 0 Å². The lowest BCUT2D eigenvalue weighted by atomic mass is 9.84. The summed E-state index contributed by atoms with van der Waals surface area (Å²) in [6.07, 6.45) is 5.64. The van der Waals surface area contributed by atoms with Gasteiger partial charge in [0.25, 0.3) is 0 Å². The van der Waals surface area contributed by atoms with E-state index in [0.717, 1.165) is 51.1 Å². The zero-order valence-electron chi connectivity index (χ0n) is 17.0. The molecule has 4 nitrogen and oxygen atoms in total. The van der Waals surface area contributed by atoms with E-state index in [1.807, 2.05) is 24.3 Å². The molecule has 0 bridgehead atoms. The van der Waals surface area contributed by atoms with Crippen LogP contribution in [0.3, 0.4) is 0 Å². The molecule has 2 aromatic carbocycles. The molecule has 0 spiro atoms. The molecule has 2 atom stereocenters. The zero-order valence-corrected chi connectivity index (χ0v) is 17.0. The number of fused-ring (bicyclic) bond motifs is 1. The lowest BCUT2D eigenvalue weighted by Crippen LogP contribution is -2.43. The van der Waals surface area contributed by atoms with E-state index in [1.165, 1.54) is 17.5 Å². The van der Waals surface area contributed by atoms with Gasteiger partial charge in [0.2, 0.25) is 5.91 Å². The van der Waals surface area contributed by atoms with Crippen molar-refractivity contribution in [1.29, 1.82) is 0 Å². The van der Waals surface area contributed by atoms with Crippen molar-refractivity contribution in [3.05, 3.63) is 65.7 Å². The van der Waals surface area contributed by atoms with Gasteiger partial charge in [-0.25, -0.2) is 0 Å². The normalized spacial score (nSPS) is 24.3. The van der Waals surface area contributed by atoms with E-state index in [-0.39, 0.29) is 0 Å². The third-order valence-electron chi connectivity index (χ3n) is 7.01. The highest BCUT2D eigenvalue weighted by Crippen LogP contribution is 2.37. The van der Waals surface area contributed by atoms with Gasteiger partial charge in [0.1, 0.15) is 12.4 Å². The Kier molecular flexibility index (Phi) is 5.28. The Bertz CT molecular complexity index is 849. The number of nitrogens with zero attached hydrogens (tertiary/aromatic N) is 2. The van der Waals surface area contributed by atoms with Crippen LogP contribution in [0.4, 0.5) is 0 Å². The van der Waals surface area contributed by atoms with Crippen LogP contribution in [-0.4, -0.2) is 40.9 Å². The van der Waals surface area contributed by atoms with Gasteiger partial charge in [0.05, 0.1) is 0 Å². The number of carbonyl (C=O) groups is 1. The first kappa shape index (κ1) is 18.7. The SMILES string of the molecule is O=C(C1CCC1)N1CC[C@H]2[C@@H]1CCN2Cc1ccccc1OCc1ccccc1. The van der Waals surface area contributed by atoms with Gasteiger partial charge in [0, 0.05) is 43.2 Å². The predicted octanol–water partition coefficient (Wildman–Crippen LogP) is 4.24. The molecule has 3 fully saturated rings. The third kappa shape index (κ3) is 3.78. The number of carbonyl (C=O) groups excluding carboxylic acids is 1. The number of likely N-dealkylation sites (tertiary alicyclic amines) is 2. The number of benzene rings is 2. The topological polar surface area (TPSA) is 32.8 Å². The molecular weight excluding hydrogens is 360 g/mol. The lowest BCUT2D eigenvalue weighted by molar-refractivity contribution is -0.139. The number of amides is 1. The molecule has 2 aromatic rings. The molecule has 0 N–H and O–H groups in total. The number of para-hydroxylation sites is 1. The van der Waals surface area contributed by atoms with Gasteiger partial charge in [-0.3, -0.25) is 9.69 Å². The summed E-state index contributed by atoms with van der Waals surface area (Å²) >= 11 is 0. The minimum atomic E-state index is 0.315. The number of rotatable bonds is 6. The average molecular weight is 391 g/mol. The maximum Gasteiger partial charge on any atom is 0.225 e. The van der Waals surface area contributed by atoms with Gasteiger partial charge in [0.15, 0.2) is 0 Å². The first-order chi connectivity index (χ1) is 14.3. The summed E-state index contributed by atoms with van der Waals surface area (Å²) < 4.78 is 6.17. The molecule has 0 radical (unpaired) electrons. The van der Waals surface area contributed by atoms with E-state index in [2.05, 4.69) is 40.1 Å². The van der Waals surface area contributed by atoms with Crippen LogP contribution < -0.4 is 4.74 Å². The fourth-order valence-electron chi connectivity index (χ4n) is 5.16. The first-order valence-electron chi connectivity index (χ1n) is 11.1. The van der Waals surface area contributed by atoms with Crippen molar-refractivity contribution in [1.82, 2.24) is 9.80 Å². The number of hydrogen-bond acceptors (Lipinski definition) is 3. The van der Waals surface area contributed by atoms with Crippen LogP contribution in [0.15, 0.2) is 54.6 Å². The summed E-state index contributed by atoms with van der Waals surface area (Å²) in [5.74, 6) is 1.72. The van der Waals surface area contributed by atoms with Crippen molar-refractivity contribution in [3.63, 3.8) is 0 Å². The molecule has 1 aliphatic carbocycles. The first-order valence-corrected chi connectivity index (χ1v) is 11.1. The van der Waals surface area contributed by atoms with Crippen molar-refractivity contribution in [2.75, 3.05) is 13.1 Å². The molecular formula is C25H30N2O2. The molecule has 2 heterocycles. The van der Waals surface area contributed by atoms with Crippen LogP contribution in [0, 0.1) is 5.92 Å². The van der Waals surface area contributed by atoms with E-state index in [4.69, 9.17) is 4.74 Å². The highest BCUT2D eigenvalue weighted by Gasteiger charge is 2.46. The Morgan fingerprint density at radius 1 is 0.897 bits per heavy atom. The average Bonchev–Trinajstić information content (AvgIpc) is 3.30. The van der Waals surface area contributed by atoms with Crippen LogP contribution >= 0.6 is 0 Å². The van der Waals surface area contributed by atoms with E-state index in [0.29, 0.717) is 30.5 Å². The summed E-state index contributed by atoms with van der Waals surface area (Å²) in [5.41, 5.74) is 2.43. The maximum atomic E-state index is 12.8. The van der Waals surface area contributed by atoms with E-state index >= 15 is 0 Å². The molecule has 29 heavy (non-hydrogen) atoms. The van der Waals surface area contributed by atoms with Gasteiger partial charge in [-0.05, 0) is 37.3 Å². The lowest BCUT2D eigenvalue weighted by Gasteiger charge is -2.32. The Morgan fingerprint density at radius 3 is 2.45 bits per heavy atom. The third-order valence-corrected chi connectivity index (χ3v) is 7.01. The molecule has 152 valence electrons. The second-order valence-electron chi connectivity index (χ2n) is 8.72. The van der Waals surface area contributed by atoms with Crippen molar-refractivity contribution in [3.8, 4) is 5.75 Å².